The molecule has 1 atom stereocenters. The molecular weight excluding hydrogens is 586 g/mol. The van der Waals surface area contributed by atoms with Crippen LogP contribution in [0.4, 0.5) is 5.69 Å². The van der Waals surface area contributed by atoms with E-state index in [4.69, 9.17) is 16.3 Å². The predicted octanol–water partition coefficient (Wildman–Crippen LogP) is 6.03. The number of methoxy groups -OCH3 is 1. The van der Waals surface area contributed by atoms with Crippen LogP contribution in [0.25, 0.3) is 0 Å². The van der Waals surface area contributed by atoms with Crippen LogP contribution in [0.2, 0.25) is 5.02 Å². The summed E-state index contributed by atoms with van der Waals surface area (Å²) < 4.78 is 34.4. The Kier molecular flexibility index (Phi) is 10.7. The minimum atomic E-state index is -4.17. The molecule has 230 valence electrons. The van der Waals surface area contributed by atoms with Crippen molar-refractivity contribution in [3.63, 3.8) is 0 Å². The summed E-state index contributed by atoms with van der Waals surface area (Å²) in [6.07, 6.45) is 5.07. The number of aryl methyl sites for hydroxylation is 2. The van der Waals surface area contributed by atoms with E-state index in [0.29, 0.717) is 10.8 Å². The summed E-state index contributed by atoms with van der Waals surface area (Å²) in [5, 5.41) is 3.49. The van der Waals surface area contributed by atoms with Crippen molar-refractivity contribution >= 4 is 39.1 Å². The first kappa shape index (κ1) is 32.4. The van der Waals surface area contributed by atoms with E-state index in [1.165, 1.54) is 17.0 Å². The number of rotatable bonds is 11. The highest BCUT2D eigenvalue weighted by Crippen LogP contribution is 2.29. The van der Waals surface area contributed by atoms with Crippen LogP contribution in [0.3, 0.4) is 0 Å². The van der Waals surface area contributed by atoms with Crippen LogP contribution in [0.15, 0.2) is 71.6 Å². The van der Waals surface area contributed by atoms with E-state index < -0.39 is 28.5 Å². The van der Waals surface area contributed by atoms with Crippen LogP contribution in [-0.2, 0) is 26.2 Å². The van der Waals surface area contributed by atoms with E-state index in [2.05, 4.69) is 5.32 Å². The van der Waals surface area contributed by atoms with Crippen molar-refractivity contribution in [3.05, 3.63) is 88.4 Å². The molecule has 0 heterocycles. The van der Waals surface area contributed by atoms with Crippen LogP contribution in [0.5, 0.6) is 5.75 Å². The Morgan fingerprint density at radius 2 is 1.63 bits per heavy atom. The number of hydrogen-bond acceptors (Lipinski definition) is 5. The summed E-state index contributed by atoms with van der Waals surface area (Å²) in [4.78, 5) is 29.1. The molecule has 10 heteroatoms. The second-order valence-electron chi connectivity index (χ2n) is 11.1. The van der Waals surface area contributed by atoms with Gasteiger partial charge in [0, 0.05) is 17.6 Å². The molecule has 3 aromatic rings. The van der Waals surface area contributed by atoms with Gasteiger partial charge in [0.15, 0.2) is 0 Å². The van der Waals surface area contributed by atoms with E-state index in [1.54, 1.807) is 56.5 Å². The minimum absolute atomic E-state index is 0.0485. The topological polar surface area (TPSA) is 96.0 Å². The molecule has 1 fully saturated rings. The fraction of sp³-hybridized carbons (Fsp3) is 0.394. The van der Waals surface area contributed by atoms with E-state index in [1.807, 2.05) is 26.0 Å². The van der Waals surface area contributed by atoms with E-state index in [0.717, 1.165) is 53.1 Å². The molecule has 0 aromatic heterocycles. The number of carbonyl (C=O) groups is 2. The zero-order chi connectivity index (χ0) is 31.1. The number of ether oxygens (including phenoxy) is 1. The highest BCUT2D eigenvalue weighted by Gasteiger charge is 2.33. The summed E-state index contributed by atoms with van der Waals surface area (Å²) in [6, 6.07) is 17.8. The molecule has 1 N–H and O–H groups in total. The molecule has 3 aromatic carbocycles. The number of nitrogens with zero attached hydrogens (tertiary/aromatic N) is 2. The van der Waals surface area contributed by atoms with Gasteiger partial charge in [0.25, 0.3) is 10.0 Å². The first-order chi connectivity index (χ1) is 20.5. The number of anilines is 1. The first-order valence-electron chi connectivity index (χ1n) is 14.6. The van der Waals surface area contributed by atoms with Gasteiger partial charge in [-0.05, 0) is 81.1 Å². The zero-order valence-electron chi connectivity index (χ0n) is 25.2. The molecular formula is C33H40ClN3O5S. The van der Waals surface area contributed by atoms with E-state index in [-0.39, 0.29) is 29.1 Å². The van der Waals surface area contributed by atoms with Crippen LogP contribution in [0.1, 0.15) is 55.7 Å². The second-order valence-corrected chi connectivity index (χ2v) is 13.4. The molecule has 0 aliphatic heterocycles. The molecule has 1 aliphatic carbocycles. The standard InChI is InChI=1S/C33H40ClN3O5S/c1-23-10-18-30(19-11-23)43(40,41)37(28-15-12-24(2)31(34)20-28)22-32(38)36(21-26-13-16-29(42-4)17-14-26)25(3)33(39)35-27-8-6-5-7-9-27/h10-20,25,27H,5-9,21-22H2,1-4H3,(H,35,39). The van der Waals surface area contributed by atoms with Gasteiger partial charge < -0.3 is 15.0 Å². The fourth-order valence-corrected chi connectivity index (χ4v) is 6.76. The largest absolute Gasteiger partial charge is 0.497 e. The van der Waals surface area contributed by atoms with Crippen molar-refractivity contribution in [1.29, 1.82) is 0 Å². The van der Waals surface area contributed by atoms with Gasteiger partial charge in [0.1, 0.15) is 18.3 Å². The summed E-state index contributed by atoms with van der Waals surface area (Å²) in [5.41, 5.74) is 2.72. The number of benzene rings is 3. The zero-order valence-corrected chi connectivity index (χ0v) is 26.7. The number of carbonyl (C=O) groups excluding carboxylic acids is 2. The average molecular weight is 626 g/mol. The van der Waals surface area contributed by atoms with Gasteiger partial charge in [-0.2, -0.15) is 0 Å². The van der Waals surface area contributed by atoms with E-state index >= 15 is 0 Å². The molecule has 2 amide bonds. The third-order valence-electron chi connectivity index (χ3n) is 7.96. The molecule has 0 bridgehead atoms. The Labute approximate surface area is 260 Å². The fourth-order valence-electron chi connectivity index (χ4n) is 5.18. The molecule has 8 nitrogen and oxygen atoms in total. The van der Waals surface area contributed by atoms with Gasteiger partial charge in [-0.25, -0.2) is 8.42 Å². The van der Waals surface area contributed by atoms with Crippen LogP contribution in [0, 0.1) is 13.8 Å². The predicted molar refractivity (Wildman–Crippen MR) is 170 cm³/mol. The third kappa shape index (κ3) is 8.09. The number of sulfonamides is 1. The summed E-state index contributed by atoms with van der Waals surface area (Å²) in [5.74, 6) is -0.120. The second kappa shape index (κ2) is 14.3. The highest BCUT2D eigenvalue weighted by atomic mass is 35.5. The van der Waals surface area contributed by atoms with Gasteiger partial charge in [-0.1, -0.05) is 66.8 Å². The van der Waals surface area contributed by atoms with Gasteiger partial charge >= 0.3 is 0 Å². The maximum Gasteiger partial charge on any atom is 0.264 e. The molecule has 1 aliphatic rings. The molecule has 1 saturated carbocycles. The van der Waals surface area contributed by atoms with Crippen molar-refractivity contribution in [2.45, 2.75) is 76.4 Å². The van der Waals surface area contributed by atoms with Crippen molar-refractivity contribution < 1.29 is 22.7 Å². The van der Waals surface area contributed by atoms with Crippen molar-refractivity contribution in [1.82, 2.24) is 10.2 Å². The lowest BCUT2D eigenvalue weighted by Gasteiger charge is -2.33. The Morgan fingerprint density at radius 3 is 2.23 bits per heavy atom. The Bertz CT molecular complexity index is 1520. The van der Waals surface area contributed by atoms with Gasteiger partial charge in [-0.15, -0.1) is 0 Å². The lowest BCUT2D eigenvalue weighted by molar-refractivity contribution is -0.139. The Hall–Kier alpha value is -3.56. The van der Waals surface area contributed by atoms with Gasteiger partial charge in [-0.3, -0.25) is 13.9 Å². The number of amides is 2. The quantitative estimate of drug-likeness (QED) is 0.281. The average Bonchev–Trinajstić information content (AvgIpc) is 3.00. The van der Waals surface area contributed by atoms with E-state index in [9.17, 15) is 18.0 Å². The Morgan fingerprint density at radius 1 is 0.977 bits per heavy atom. The van der Waals surface area contributed by atoms with Gasteiger partial charge in [0.2, 0.25) is 11.8 Å². The monoisotopic (exact) mass is 625 g/mol. The molecule has 4 rings (SSSR count). The SMILES string of the molecule is COc1ccc(CN(C(=O)CN(c2ccc(C)c(Cl)c2)S(=O)(=O)c2ccc(C)cc2)C(C)C(=O)NC2CCCCC2)cc1. The van der Waals surface area contributed by atoms with Gasteiger partial charge in [0.05, 0.1) is 17.7 Å². The molecule has 0 saturated heterocycles. The molecule has 0 spiro atoms. The molecule has 1 unspecified atom stereocenters. The summed E-state index contributed by atoms with van der Waals surface area (Å²) in [6.45, 7) is 4.95. The number of halogens is 1. The highest BCUT2D eigenvalue weighted by molar-refractivity contribution is 7.92. The normalized spacial score (nSPS) is 14.5. The van der Waals surface area contributed by atoms with Crippen LogP contribution < -0.4 is 14.4 Å². The van der Waals surface area contributed by atoms with Crippen molar-refractivity contribution in [2.24, 2.45) is 0 Å². The lowest BCUT2D eigenvalue weighted by Crippen LogP contribution is -2.53. The van der Waals surface area contributed by atoms with Crippen molar-refractivity contribution in [2.75, 3.05) is 18.0 Å². The smallest absolute Gasteiger partial charge is 0.264 e. The van der Waals surface area contributed by atoms with Crippen molar-refractivity contribution in [3.8, 4) is 5.75 Å². The lowest BCUT2D eigenvalue weighted by atomic mass is 9.95. The molecule has 0 radical (unpaired) electrons. The maximum atomic E-state index is 14.2. The molecule has 43 heavy (non-hydrogen) atoms. The third-order valence-corrected chi connectivity index (χ3v) is 10.2. The number of nitrogens with one attached hydrogen (secondary N) is 1. The van der Waals surface area contributed by atoms with Crippen LogP contribution >= 0.6 is 11.6 Å². The summed E-state index contributed by atoms with van der Waals surface area (Å²) >= 11 is 6.41. The summed E-state index contributed by atoms with van der Waals surface area (Å²) in [7, 11) is -2.60. The Balaban J connectivity index is 1.69. The first-order valence-corrected chi connectivity index (χ1v) is 16.4. The van der Waals surface area contributed by atoms with Crippen LogP contribution in [-0.4, -0.2) is 50.9 Å². The maximum absolute atomic E-state index is 14.2. The minimum Gasteiger partial charge on any atom is -0.497 e. The number of hydrogen-bond donors (Lipinski definition) is 1.